The normalized spacial score (nSPS) is 15.6. The number of carboxylic acids is 1. The van der Waals surface area contributed by atoms with Crippen molar-refractivity contribution in [1.29, 1.82) is 0 Å². The van der Waals surface area contributed by atoms with Crippen molar-refractivity contribution < 1.29 is 14.7 Å². The second-order valence-electron chi connectivity index (χ2n) is 7.79. The van der Waals surface area contributed by atoms with E-state index in [9.17, 15) is 9.59 Å². The molecular weight excluding hydrogens is 434 g/mol. The minimum Gasteiger partial charge on any atom is -0.480 e. The third-order valence-electron chi connectivity index (χ3n) is 5.42. The number of benzene rings is 1. The first-order valence-electron chi connectivity index (χ1n) is 10.3. The van der Waals surface area contributed by atoms with Crippen LogP contribution in [0.5, 0.6) is 0 Å². The van der Waals surface area contributed by atoms with Gasteiger partial charge >= 0.3 is 5.97 Å². The quantitative estimate of drug-likeness (QED) is 0.546. The molecule has 0 bridgehead atoms. The number of fused-ring (bicyclic) bond motifs is 1. The van der Waals surface area contributed by atoms with Crippen molar-refractivity contribution in [3.63, 3.8) is 0 Å². The number of nitrogens with one attached hydrogen (secondary N) is 1. The van der Waals surface area contributed by atoms with E-state index in [4.69, 9.17) is 16.7 Å². The Hall–Kier alpha value is -3.24. The largest absolute Gasteiger partial charge is 0.480 e. The van der Waals surface area contributed by atoms with Crippen molar-refractivity contribution >= 4 is 40.1 Å². The summed E-state index contributed by atoms with van der Waals surface area (Å²) in [4.78, 5) is 31.8. The first kappa shape index (κ1) is 22.0. The van der Waals surface area contributed by atoms with Crippen molar-refractivity contribution in [3.05, 3.63) is 47.4 Å². The Morgan fingerprint density at radius 1 is 1.22 bits per heavy atom. The number of carbonyl (C=O) groups excluding carboxylic acids is 1. The van der Waals surface area contributed by atoms with Gasteiger partial charge in [-0.05, 0) is 31.2 Å². The van der Waals surface area contributed by atoms with Crippen LogP contribution in [0.4, 0.5) is 5.69 Å². The minimum atomic E-state index is -1.08. The monoisotopic (exact) mass is 457 g/mol. The lowest BCUT2D eigenvalue weighted by molar-refractivity contribution is -0.141. The molecule has 3 aromatic rings. The van der Waals surface area contributed by atoms with Crippen molar-refractivity contribution in [2.45, 2.75) is 26.1 Å². The number of amides is 1. The minimum absolute atomic E-state index is 0.0719. The maximum atomic E-state index is 11.9. The zero-order valence-electron chi connectivity index (χ0n) is 17.6. The average molecular weight is 458 g/mol. The van der Waals surface area contributed by atoms with Gasteiger partial charge in [0.05, 0.1) is 17.4 Å². The second kappa shape index (κ2) is 9.49. The van der Waals surface area contributed by atoms with Gasteiger partial charge in [-0.2, -0.15) is 0 Å². The van der Waals surface area contributed by atoms with Crippen LogP contribution in [0, 0.1) is 0 Å². The molecule has 11 heteroatoms. The zero-order valence-corrected chi connectivity index (χ0v) is 18.4. The first-order chi connectivity index (χ1) is 15.4. The molecule has 0 radical (unpaired) electrons. The van der Waals surface area contributed by atoms with Gasteiger partial charge in [0, 0.05) is 55.0 Å². The van der Waals surface area contributed by atoms with E-state index in [1.807, 2.05) is 30.5 Å². The molecule has 168 valence electrons. The van der Waals surface area contributed by atoms with Crippen LogP contribution < -0.4 is 10.2 Å². The fraction of sp³-hybridized carbons (Fsp3) is 0.381. The van der Waals surface area contributed by atoms with E-state index in [0.29, 0.717) is 11.6 Å². The van der Waals surface area contributed by atoms with Gasteiger partial charge in [-0.15, -0.1) is 5.10 Å². The average Bonchev–Trinajstić information content (AvgIpc) is 3.20. The maximum absolute atomic E-state index is 11.9. The number of carboxylic acid groups (broad SMARTS) is 1. The predicted octanol–water partition coefficient (Wildman–Crippen LogP) is 1.39. The molecule has 1 atom stereocenters. The molecule has 0 saturated carbocycles. The number of piperazine rings is 1. The molecule has 0 aliphatic carbocycles. The van der Waals surface area contributed by atoms with Crippen LogP contribution in [0.25, 0.3) is 10.9 Å². The summed E-state index contributed by atoms with van der Waals surface area (Å²) in [6.07, 6.45) is 3.53. The Kier molecular flexibility index (Phi) is 6.52. The lowest BCUT2D eigenvalue weighted by atomic mass is 10.1. The van der Waals surface area contributed by atoms with E-state index in [2.05, 4.69) is 30.4 Å². The molecule has 1 fully saturated rings. The second-order valence-corrected chi connectivity index (χ2v) is 8.23. The van der Waals surface area contributed by atoms with Crippen LogP contribution in [0.1, 0.15) is 12.6 Å². The lowest BCUT2D eigenvalue weighted by Gasteiger charge is -2.36. The SMILES string of the molecule is C[C@@H](NC(=O)Cn1cc(CN2CCN(c3ccnc4cc(Cl)ccc34)CC2)nn1)C(=O)O. The summed E-state index contributed by atoms with van der Waals surface area (Å²) < 4.78 is 1.42. The molecule has 1 aliphatic rings. The zero-order chi connectivity index (χ0) is 22.7. The highest BCUT2D eigenvalue weighted by atomic mass is 35.5. The number of aliphatic carboxylic acids is 1. The fourth-order valence-electron chi connectivity index (χ4n) is 3.74. The molecule has 0 unspecified atom stereocenters. The number of halogens is 1. The first-order valence-corrected chi connectivity index (χ1v) is 10.7. The number of hydrogen-bond acceptors (Lipinski definition) is 7. The van der Waals surface area contributed by atoms with Gasteiger partial charge in [-0.25, -0.2) is 4.68 Å². The Morgan fingerprint density at radius 2 is 2.00 bits per heavy atom. The maximum Gasteiger partial charge on any atom is 0.325 e. The topological polar surface area (TPSA) is 116 Å². The molecule has 2 N–H and O–H groups in total. The van der Waals surface area contributed by atoms with E-state index in [0.717, 1.165) is 48.5 Å². The molecule has 3 heterocycles. The Balaban J connectivity index is 1.31. The van der Waals surface area contributed by atoms with E-state index in [1.165, 1.54) is 11.6 Å². The number of hydrogen-bond donors (Lipinski definition) is 2. The van der Waals surface area contributed by atoms with Crippen LogP contribution in [0.2, 0.25) is 5.02 Å². The number of rotatable bonds is 7. The highest BCUT2D eigenvalue weighted by Crippen LogP contribution is 2.28. The standard InChI is InChI=1S/C21H24ClN7O3/c1-14(21(31)32)24-20(30)13-29-12-16(25-26-29)11-27-6-8-28(9-7-27)19-4-5-23-18-10-15(22)2-3-17(18)19/h2-5,10,12,14H,6-9,11,13H2,1H3,(H,24,30)(H,31,32)/t14-/m1/s1. The van der Waals surface area contributed by atoms with E-state index < -0.39 is 17.9 Å². The van der Waals surface area contributed by atoms with Gasteiger partial charge in [-0.3, -0.25) is 19.5 Å². The number of aromatic nitrogens is 4. The third kappa shape index (κ3) is 5.14. The molecule has 32 heavy (non-hydrogen) atoms. The van der Waals surface area contributed by atoms with Gasteiger partial charge in [-0.1, -0.05) is 16.8 Å². The molecular formula is C21H24ClN7O3. The highest BCUT2D eigenvalue weighted by Gasteiger charge is 2.20. The summed E-state index contributed by atoms with van der Waals surface area (Å²) in [6, 6.07) is 6.86. The third-order valence-corrected chi connectivity index (χ3v) is 5.66. The Labute approximate surface area is 189 Å². The summed E-state index contributed by atoms with van der Waals surface area (Å²) in [6.45, 7) is 5.43. The molecule has 0 spiro atoms. The summed E-state index contributed by atoms with van der Waals surface area (Å²) in [5.41, 5.74) is 2.80. The molecule has 1 aliphatic heterocycles. The molecule has 1 aromatic carbocycles. The summed E-state index contributed by atoms with van der Waals surface area (Å²) >= 11 is 6.10. The van der Waals surface area contributed by atoms with Crippen molar-refractivity contribution in [3.8, 4) is 0 Å². The van der Waals surface area contributed by atoms with Gasteiger partial charge < -0.3 is 15.3 Å². The van der Waals surface area contributed by atoms with Crippen molar-refractivity contribution in [2.75, 3.05) is 31.1 Å². The van der Waals surface area contributed by atoms with Crippen molar-refractivity contribution in [1.82, 2.24) is 30.2 Å². The molecule has 4 rings (SSSR count). The lowest BCUT2D eigenvalue weighted by Crippen LogP contribution is -2.46. The fourth-order valence-corrected chi connectivity index (χ4v) is 3.91. The summed E-state index contributed by atoms with van der Waals surface area (Å²) in [7, 11) is 0. The van der Waals surface area contributed by atoms with Gasteiger partial charge in [0.1, 0.15) is 12.6 Å². The molecule has 2 aromatic heterocycles. The van der Waals surface area contributed by atoms with Gasteiger partial charge in [0.2, 0.25) is 5.91 Å². The van der Waals surface area contributed by atoms with Gasteiger partial charge in [0.25, 0.3) is 0 Å². The predicted molar refractivity (Wildman–Crippen MR) is 120 cm³/mol. The summed E-state index contributed by atoms with van der Waals surface area (Å²) in [5, 5.41) is 21.2. The molecule has 1 saturated heterocycles. The Morgan fingerprint density at radius 3 is 2.75 bits per heavy atom. The number of pyridine rings is 1. The summed E-state index contributed by atoms with van der Waals surface area (Å²) in [5.74, 6) is -1.50. The van der Waals surface area contributed by atoms with E-state index in [-0.39, 0.29) is 6.54 Å². The van der Waals surface area contributed by atoms with Crippen molar-refractivity contribution in [2.24, 2.45) is 0 Å². The highest BCUT2D eigenvalue weighted by molar-refractivity contribution is 6.31. The van der Waals surface area contributed by atoms with Gasteiger partial charge in [0.15, 0.2) is 0 Å². The smallest absolute Gasteiger partial charge is 0.325 e. The van der Waals surface area contributed by atoms with Crippen LogP contribution in [-0.2, 0) is 22.7 Å². The Bertz CT molecular complexity index is 1130. The van der Waals surface area contributed by atoms with E-state index >= 15 is 0 Å². The number of carbonyl (C=O) groups is 2. The number of nitrogens with zero attached hydrogens (tertiary/aromatic N) is 6. The van der Waals surface area contributed by atoms with Crippen LogP contribution in [-0.4, -0.2) is 74.1 Å². The number of anilines is 1. The molecule has 10 nitrogen and oxygen atoms in total. The van der Waals surface area contributed by atoms with E-state index in [1.54, 1.807) is 6.20 Å². The van der Waals surface area contributed by atoms with Crippen LogP contribution in [0.3, 0.4) is 0 Å². The van der Waals surface area contributed by atoms with Crippen LogP contribution in [0.15, 0.2) is 36.7 Å². The molecule has 1 amide bonds. The van der Waals surface area contributed by atoms with Crippen LogP contribution >= 0.6 is 11.6 Å².